The van der Waals surface area contributed by atoms with Gasteiger partial charge in [0.15, 0.2) is 0 Å². The maximum absolute atomic E-state index is 9.63. The Bertz CT molecular complexity index is 650. The zero-order chi connectivity index (χ0) is 17.7. The quantitative estimate of drug-likeness (QED) is 0.339. The maximum Gasteiger partial charge on any atom is 0.100 e. The minimum atomic E-state index is 0.688. The van der Waals surface area contributed by atoms with Gasteiger partial charge in [0.05, 0.1) is 17.9 Å². The lowest BCUT2D eigenvalue weighted by atomic mass is 9.94. The summed E-state index contributed by atoms with van der Waals surface area (Å²) in [4.78, 5) is 5.64. The van der Waals surface area contributed by atoms with Crippen molar-refractivity contribution in [3.63, 3.8) is 0 Å². The highest BCUT2D eigenvalue weighted by molar-refractivity contribution is 5.82. The third-order valence-electron chi connectivity index (χ3n) is 4.30. The molecule has 1 aliphatic carbocycles. The maximum atomic E-state index is 9.63. The molecule has 25 heavy (non-hydrogen) atoms. The molecule has 0 spiro atoms. The molecule has 1 aliphatic rings. The molecule has 0 amide bonds. The molecule has 0 atom stereocenters. The van der Waals surface area contributed by atoms with Crippen LogP contribution in [0.25, 0.3) is 5.57 Å². The van der Waals surface area contributed by atoms with Gasteiger partial charge in [-0.15, -0.1) is 0 Å². The molecule has 0 fully saturated rings. The van der Waals surface area contributed by atoms with Crippen molar-refractivity contribution in [2.24, 2.45) is 0 Å². The van der Waals surface area contributed by atoms with Crippen LogP contribution >= 0.6 is 0 Å². The Kier molecular flexibility index (Phi) is 8.58. The lowest BCUT2D eigenvalue weighted by Crippen LogP contribution is -2.18. The average Bonchev–Trinajstić information content (AvgIpc) is 2.66. The van der Waals surface area contributed by atoms with Crippen LogP contribution in [-0.2, 0) is 4.84 Å². The Hall–Kier alpha value is -2.31. The molecular formula is C22H28N2O. The molecule has 3 nitrogen and oxygen atoms in total. The van der Waals surface area contributed by atoms with E-state index in [9.17, 15) is 5.26 Å². The smallest absolute Gasteiger partial charge is 0.100 e. The molecule has 3 heteroatoms. The fourth-order valence-corrected chi connectivity index (χ4v) is 2.89. The van der Waals surface area contributed by atoms with Crippen LogP contribution in [0.4, 0.5) is 0 Å². The standard InChI is InChI=1S/C22H28N2O/c1-2-3-4-5-6-12-17-25-24-22-16-11-10-15-20(22)21(18-23)19-13-8-7-9-14-19/h7-11,13-14,16,24H,2-6,12,15,17H2,1H3. The fourth-order valence-electron chi connectivity index (χ4n) is 2.89. The van der Waals surface area contributed by atoms with Crippen molar-refractivity contribution in [2.45, 2.75) is 51.9 Å². The molecule has 0 saturated heterocycles. The third kappa shape index (κ3) is 6.25. The van der Waals surface area contributed by atoms with Gasteiger partial charge in [0.25, 0.3) is 0 Å². The predicted molar refractivity (Wildman–Crippen MR) is 103 cm³/mol. The van der Waals surface area contributed by atoms with Crippen molar-refractivity contribution in [2.75, 3.05) is 6.61 Å². The number of unbranched alkanes of at least 4 members (excludes halogenated alkanes) is 5. The highest BCUT2D eigenvalue weighted by Gasteiger charge is 2.14. The van der Waals surface area contributed by atoms with Crippen molar-refractivity contribution in [3.05, 3.63) is 65.4 Å². The second kappa shape index (κ2) is 11.3. The van der Waals surface area contributed by atoms with Gasteiger partial charge in [-0.25, -0.2) is 0 Å². The molecule has 0 aromatic heterocycles. The lowest BCUT2D eigenvalue weighted by molar-refractivity contribution is 0.0610. The Morgan fingerprint density at radius 1 is 1.12 bits per heavy atom. The van der Waals surface area contributed by atoms with Crippen LogP contribution in [0, 0.1) is 11.3 Å². The molecule has 0 aliphatic heterocycles. The molecule has 0 unspecified atom stereocenters. The SMILES string of the molecule is CCCCCCCCONC1=CC=CCC1=C(C#N)c1ccccc1. The van der Waals surface area contributed by atoms with E-state index < -0.39 is 0 Å². The van der Waals surface area contributed by atoms with E-state index in [-0.39, 0.29) is 0 Å². The number of rotatable bonds is 10. The fraction of sp³-hybridized carbons (Fsp3) is 0.409. The second-order valence-electron chi connectivity index (χ2n) is 6.26. The van der Waals surface area contributed by atoms with Gasteiger partial charge in [0.1, 0.15) is 6.07 Å². The van der Waals surface area contributed by atoms with Crippen molar-refractivity contribution >= 4 is 5.57 Å². The zero-order valence-electron chi connectivity index (χ0n) is 15.1. The van der Waals surface area contributed by atoms with E-state index in [2.05, 4.69) is 24.5 Å². The normalized spacial score (nSPS) is 15.4. The second-order valence-corrected chi connectivity index (χ2v) is 6.26. The van der Waals surface area contributed by atoms with E-state index >= 15 is 0 Å². The van der Waals surface area contributed by atoms with Gasteiger partial charge < -0.3 is 0 Å². The molecule has 2 rings (SSSR count). The number of nitrogens with one attached hydrogen (secondary N) is 1. The number of hydrogen-bond donors (Lipinski definition) is 1. The summed E-state index contributed by atoms with van der Waals surface area (Å²) >= 11 is 0. The van der Waals surface area contributed by atoms with Crippen molar-refractivity contribution in [3.8, 4) is 6.07 Å². The van der Waals surface area contributed by atoms with Crippen LogP contribution in [-0.4, -0.2) is 6.61 Å². The number of hydrogen-bond acceptors (Lipinski definition) is 3. The van der Waals surface area contributed by atoms with E-state index in [0.29, 0.717) is 12.2 Å². The first-order valence-corrected chi connectivity index (χ1v) is 9.30. The number of nitrogens with zero attached hydrogens (tertiary/aromatic N) is 1. The van der Waals surface area contributed by atoms with Crippen LogP contribution in [0.5, 0.6) is 0 Å². The molecule has 0 saturated carbocycles. The Labute approximate surface area is 151 Å². The Morgan fingerprint density at radius 2 is 1.88 bits per heavy atom. The van der Waals surface area contributed by atoms with Gasteiger partial charge >= 0.3 is 0 Å². The van der Waals surface area contributed by atoms with Gasteiger partial charge in [-0.05, 0) is 30.1 Å². The number of nitriles is 1. The average molecular weight is 336 g/mol. The Morgan fingerprint density at radius 3 is 2.64 bits per heavy atom. The van der Waals surface area contributed by atoms with Crippen molar-refractivity contribution in [1.82, 2.24) is 5.48 Å². The van der Waals surface area contributed by atoms with E-state index in [1.807, 2.05) is 42.5 Å². The lowest BCUT2D eigenvalue weighted by Gasteiger charge is -2.17. The summed E-state index contributed by atoms with van der Waals surface area (Å²) in [6.45, 7) is 2.92. The monoisotopic (exact) mass is 336 g/mol. The van der Waals surface area contributed by atoms with Crippen LogP contribution in [0.15, 0.2) is 59.8 Å². The molecule has 1 aromatic carbocycles. The summed E-state index contributed by atoms with van der Waals surface area (Å²) in [5.74, 6) is 0. The van der Waals surface area contributed by atoms with E-state index in [1.54, 1.807) is 0 Å². The van der Waals surface area contributed by atoms with Crippen molar-refractivity contribution in [1.29, 1.82) is 5.26 Å². The number of benzene rings is 1. The van der Waals surface area contributed by atoms with Crippen molar-refractivity contribution < 1.29 is 4.84 Å². The third-order valence-corrected chi connectivity index (χ3v) is 4.30. The number of hydroxylamine groups is 1. The summed E-state index contributed by atoms with van der Waals surface area (Å²) in [6, 6.07) is 12.2. The summed E-state index contributed by atoms with van der Waals surface area (Å²) in [7, 11) is 0. The van der Waals surface area contributed by atoms with E-state index in [0.717, 1.165) is 29.7 Å². The predicted octanol–water partition coefficient (Wildman–Crippen LogP) is 5.69. The minimum absolute atomic E-state index is 0.688. The van der Waals surface area contributed by atoms with Gasteiger partial charge in [0.2, 0.25) is 0 Å². The first-order valence-electron chi connectivity index (χ1n) is 9.30. The van der Waals surface area contributed by atoms with Crippen LogP contribution in [0.1, 0.15) is 57.4 Å². The molecule has 0 bridgehead atoms. The molecule has 0 radical (unpaired) electrons. The summed E-state index contributed by atoms with van der Waals surface area (Å²) in [5.41, 5.74) is 6.57. The summed E-state index contributed by atoms with van der Waals surface area (Å²) < 4.78 is 0. The Balaban J connectivity index is 1.90. The molecule has 0 heterocycles. The molecule has 1 aromatic rings. The number of allylic oxidation sites excluding steroid dienone is 5. The largest absolute Gasteiger partial charge is 0.276 e. The van der Waals surface area contributed by atoms with Gasteiger partial charge in [-0.1, -0.05) is 81.5 Å². The highest BCUT2D eigenvalue weighted by Crippen LogP contribution is 2.27. The van der Waals surface area contributed by atoms with Crippen LogP contribution < -0.4 is 5.48 Å². The molecule has 132 valence electrons. The first-order chi connectivity index (χ1) is 12.4. The van der Waals surface area contributed by atoms with Gasteiger partial charge in [-0.2, -0.15) is 5.26 Å². The van der Waals surface area contributed by atoms with Gasteiger partial charge in [0, 0.05) is 0 Å². The van der Waals surface area contributed by atoms with E-state index in [1.165, 1.54) is 32.1 Å². The molecule has 1 N–H and O–H groups in total. The van der Waals surface area contributed by atoms with E-state index in [4.69, 9.17) is 4.84 Å². The summed E-state index contributed by atoms with van der Waals surface area (Å²) in [5, 5.41) is 9.63. The van der Waals surface area contributed by atoms with Crippen LogP contribution in [0.3, 0.4) is 0 Å². The first kappa shape index (κ1) is 19.0. The summed E-state index contributed by atoms with van der Waals surface area (Å²) in [6.07, 6.45) is 14.2. The van der Waals surface area contributed by atoms with Gasteiger partial charge in [-0.3, -0.25) is 10.3 Å². The minimum Gasteiger partial charge on any atom is -0.276 e. The molecular weight excluding hydrogens is 308 g/mol. The zero-order valence-corrected chi connectivity index (χ0v) is 15.1. The topological polar surface area (TPSA) is 45.0 Å². The van der Waals surface area contributed by atoms with Crippen LogP contribution in [0.2, 0.25) is 0 Å². The highest BCUT2D eigenvalue weighted by atomic mass is 16.6.